The van der Waals surface area contributed by atoms with Crippen LogP contribution >= 0.6 is 0 Å². The van der Waals surface area contributed by atoms with Gasteiger partial charge in [0.05, 0.1) is 0 Å². The second-order valence-corrected chi connectivity index (χ2v) is 3.73. The Morgan fingerprint density at radius 2 is 2.46 bits per heavy atom. The summed E-state index contributed by atoms with van der Waals surface area (Å²) in [7, 11) is 0. The number of aryl methyl sites for hydroxylation is 2. The number of nitrogens with zero attached hydrogens (tertiary/aromatic N) is 2. The Morgan fingerprint density at radius 1 is 1.54 bits per heavy atom. The predicted octanol–water partition coefficient (Wildman–Crippen LogP) is 0.655. The summed E-state index contributed by atoms with van der Waals surface area (Å²) in [6.45, 7) is 4.29. The molecule has 1 saturated heterocycles. The molecule has 2 N–H and O–H groups in total. The summed E-state index contributed by atoms with van der Waals surface area (Å²) in [4.78, 5) is 4.28. The number of hydrogen-bond donors (Lipinski definition) is 2. The van der Waals surface area contributed by atoms with E-state index in [0.29, 0.717) is 0 Å². The van der Waals surface area contributed by atoms with E-state index < -0.39 is 0 Å². The van der Waals surface area contributed by atoms with Crippen LogP contribution in [0.25, 0.3) is 0 Å². The van der Waals surface area contributed by atoms with Gasteiger partial charge in [0.2, 0.25) is 0 Å². The van der Waals surface area contributed by atoms with Crippen molar-refractivity contribution in [3.8, 4) is 0 Å². The zero-order valence-electron chi connectivity index (χ0n) is 8.01. The average Bonchev–Trinajstić information content (AvgIpc) is 2.71. The molecule has 72 valence electrons. The van der Waals surface area contributed by atoms with Crippen molar-refractivity contribution in [2.75, 3.05) is 13.1 Å². The molecule has 0 radical (unpaired) electrons. The molecule has 2 rings (SSSR count). The van der Waals surface area contributed by atoms with E-state index in [1.807, 2.05) is 6.92 Å². The first-order chi connectivity index (χ1) is 6.34. The van der Waals surface area contributed by atoms with Gasteiger partial charge in [-0.1, -0.05) is 0 Å². The maximum absolute atomic E-state index is 4.28. The summed E-state index contributed by atoms with van der Waals surface area (Å²) < 4.78 is 0. The second-order valence-electron chi connectivity index (χ2n) is 3.73. The van der Waals surface area contributed by atoms with Crippen LogP contribution in [-0.4, -0.2) is 28.3 Å². The topological polar surface area (TPSA) is 53.6 Å². The molecule has 0 spiro atoms. The number of nitrogens with one attached hydrogen (secondary N) is 2. The van der Waals surface area contributed by atoms with Crippen LogP contribution in [0.15, 0.2) is 0 Å². The van der Waals surface area contributed by atoms with E-state index in [1.165, 1.54) is 25.9 Å². The standard InChI is InChI=1S/C9H16N4/c1-7-11-9(13-12-7)3-2-8-4-5-10-6-8/h8,10H,2-6H2,1H3,(H,11,12,13). The van der Waals surface area contributed by atoms with Crippen LogP contribution < -0.4 is 5.32 Å². The zero-order valence-corrected chi connectivity index (χ0v) is 8.01. The van der Waals surface area contributed by atoms with Crippen LogP contribution in [-0.2, 0) is 6.42 Å². The molecule has 0 bridgehead atoms. The molecule has 0 amide bonds. The number of aromatic amines is 1. The highest BCUT2D eigenvalue weighted by Gasteiger charge is 2.14. The summed E-state index contributed by atoms with van der Waals surface area (Å²) in [6.07, 6.45) is 3.53. The first-order valence-corrected chi connectivity index (χ1v) is 4.93. The van der Waals surface area contributed by atoms with Gasteiger partial charge in [-0.2, -0.15) is 5.10 Å². The van der Waals surface area contributed by atoms with E-state index in [2.05, 4.69) is 20.5 Å². The molecule has 0 saturated carbocycles. The second kappa shape index (κ2) is 3.87. The maximum atomic E-state index is 4.28. The minimum absolute atomic E-state index is 0.832. The Balaban J connectivity index is 1.78. The highest BCUT2D eigenvalue weighted by Crippen LogP contribution is 2.13. The van der Waals surface area contributed by atoms with Gasteiger partial charge < -0.3 is 5.32 Å². The Kier molecular flexibility index (Phi) is 2.59. The van der Waals surface area contributed by atoms with Crippen molar-refractivity contribution in [3.05, 3.63) is 11.6 Å². The maximum Gasteiger partial charge on any atom is 0.150 e. The molecule has 1 fully saturated rings. The van der Waals surface area contributed by atoms with Gasteiger partial charge in [-0.3, -0.25) is 5.10 Å². The van der Waals surface area contributed by atoms with Gasteiger partial charge in [0.15, 0.2) is 5.82 Å². The summed E-state index contributed by atoms with van der Waals surface area (Å²) >= 11 is 0. The zero-order chi connectivity index (χ0) is 9.10. The van der Waals surface area contributed by atoms with Crippen molar-refractivity contribution in [1.29, 1.82) is 0 Å². The molecule has 4 nitrogen and oxygen atoms in total. The molecule has 4 heteroatoms. The van der Waals surface area contributed by atoms with Gasteiger partial charge in [-0.25, -0.2) is 4.98 Å². The molecular weight excluding hydrogens is 164 g/mol. The quantitative estimate of drug-likeness (QED) is 0.718. The fourth-order valence-electron chi connectivity index (χ4n) is 1.79. The average molecular weight is 180 g/mol. The molecular formula is C9H16N4. The molecule has 1 aliphatic heterocycles. The van der Waals surface area contributed by atoms with Crippen molar-refractivity contribution < 1.29 is 0 Å². The molecule has 1 aromatic heterocycles. The third-order valence-electron chi connectivity index (χ3n) is 2.58. The molecule has 2 heterocycles. The molecule has 1 atom stereocenters. The van der Waals surface area contributed by atoms with Crippen LogP contribution in [0.2, 0.25) is 0 Å². The lowest BCUT2D eigenvalue weighted by atomic mass is 10.0. The third-order valence-corrected chi connectivity index (χ3v) is 2.58. The number of rotatable bonds is 3. The molecule has 1 unspecified atom stereocenters. The van der Waals surface area contributed by atoms with Crippen molar-refractivity contribution in [2.24, 2.45) is 5.92 Å². The van der Waals surface area contributed by atoms with E-state index in [9.17, 15) is 0 Å². The lowest BCUT2D eigenvalue weighted by Crippen LogP contribution is -2.09. The minimum Gasteiger partial charge on any atom is -0.316 e. The number of H-pyrrole nitrogens is 1. The van der Waals surface area contributed by atoms with Crippen molar-refractivity contribution >= 4 is 0 Å². The van der Waals surface area contributed by atoms with Crippen LogP contribution in [0.4, 0.5) is 0 Å². The van der Waals surface area contributed by atoms with Gasteiger partial charge in [-0.15, -0.1) is 0 Å². The van der Waals surface area contributed by atoms with E-state index in [4.69, 9.17) is 0 Å². The lowest BCUT2D eigenvalue weighted by Gasteiger charge is -2.04. The van der Waals surface area contributed by atoms with Gasteiger partial charge in [0.25, 0.3) is 0 Å². The van der Waals surface area contributed by atoms with Crippen LogP contribution in [0, 0.1) is 12.8 Å². The highest BCUT2D eigenvalue weighted by molar-refractivity contribution is 4.88. The highest BCUT2D eigenvalue weighted by atomic mass is 15.2. The van der Waals surface area contributed by atoms with Crippen LogP contribution in [0.5, 0.6) is 0 Å². The fraction of sp³-hybridized carbons (Fsp3) is 0.778. The summed E-state index contributed by atoms with van der Waals surface area (Å²) in [5, 5.41) is 10.4. The van der Waals surface area contributed by atoms with Gasteiger partial charge in [0.1, 0.15) is 5.82 Å². The monoisotopic (exact) mass is 180 g/mol. The predicted molar refractivity (Wildman–Crippen MR) is 50.4 cm³/mol. The Bertz CT molecular complexity index is 262. The summed E-state index contributed by atoms with van der Waals surface area (Å²) in [6, 6.07) is 0. The van der Waals surface area contributed by atoms with E-state index in [1.54, 1.807) is 0 Å². The van der Waals surface area contributed by atoms with Crippen molar-refractivity contribution in [1.82, 2.24) is 20.5 Å². The third kappa shape index (κ3) is 2.28. The van der Waals surface area contributed by atoms with Gasteiger partial charge in [-0.05, 0) is 38.8 Å². The lowest BCUT2D eigenvalue weighted by molar-refractivity contribution is 0.525. The smallest absolute Gasteiger partial charge is 0.150 e. The van der Waals surface area contributed by atoms with E-state index >= 15 is 0 Å². The Labute approximate surface area is 78.1 Å². The number of aromatic nitrogens is 3. The molecule has 1 aromatic rings. The minimum atomic E-state index is 0.832. The molecule has 0 aromatic carbocycles. The normalized spacial score (nSPS) is 22.4. The molecule has 1 aliphatic rings. The van der Waals surface area contributed by atoms with Crippen LogP contribution in [0.1, 0.15) is 24.5 Å². The first kappa shape index (κ1) is 8.69. The molecule has 0 aliphatic carbocycles. The Hall–Kier alpha value is -0.900. The summed E-state index contributed by atoms with van der Waals surface area (Å²) in [5.41, 5.74) is 0. The largest absolute Gasteiger partial charge is 0.316 e. The Morgan fingerprint density at radius 3 is 3.08 bits per heavy atom. The van der Waals surface area contributed by atoms with Crippen LogP contribution in [0.3, 0.4) is 0 Å². The van der Waals surface area contributed by atoms with E-state index in [-0.39, 0.29) is 0 Å². The molecule has 13 heavy (non-hydrogen) atoms. The van der Waals surface area contributed by atoms with Crippen molar-refractivity contribution in [3.63, 3.8) is 0 Å². The fourth-order valence-corrected chi connectivity index (χ4v) is 1.79. The van der Waals surface area contributed by atoms with Gasteiger partial charge in [0, 0.05) is 6.42 Å². The summed E-state index contributed by atoms with van der Waals surface area (Å²) in [5.74, 6) is 2.71. The van der Waals surface area contributed by atoms with Crippen molar-refractivity contribution in [2.45, 2.75) is 26.2 Å². The number of hydrogen-bond acceptors (Lipinski definition) is 3. The first-order valence-electron chi connectivity index (χ1n) is 4.93. The van der Waals surface area contributed by atoms with Gasteiger partial charge >= 0.3 is 0 Å². The SMILES string of the molecule is Cc1nc(CCC2CCNC2)n[nH]1. The van der Waals surface area contributed by atoms with E-state index in [0.717, 1.165) is 24.0 Å².